The van der Waals surface area contributed by atoms with Crippen molar-refractivity contribution in [2.45, 2.75) is 26.3 Å². The Kier molecular flexibility index (Phi) is 3.52. The van der Waals surface area contributed by atoms with Gasteiger partial charge in [0, 0.05) is 12.1 Å². The summed E-state index contributed by atoms with van der Waals surface area (Å²) >= 11 is 0. The Morgan fingerprint density at radius 1 is 1.59 bits per heavy atom. The van der Waals surface area contributed by atoms with Gasteiger partial charge in [-0.3, -0.25) is 4.90 Å². The molecule has 0 aliphatic heterocycles. The fourth-order valence-corrected chi connectivity index (χ4v) is 1.99. The highest BCUT2D eigenvalue weighted by Crippen LogP contribution is 2.29. The molecule has 0 aromatic carbocycles. The molecule has 0 spiro atoms. The summed E-state index contributed by atoms with van der Waals surface area (Å²) < 4.78 is 10.2. The number of nitrogens with zero attached hydrogens (tertiary/aromatic N) is 1. The van der Waals surface area contributed by atoms with Gasteiger partial charge in [0.25, 0.3) is 0 Å². The van der Waals surface area contributed by atoms with E-state index in [2.05, 4.69) is 16.7 Å². The van der Waals surface area contributed by atoms with E-state index in [4.69, 9.17) is 4.42 Å². The molecule has 0 atom stereocenters. The molecule has 1 aliphatic rings. The first-order chi connectivity index (χ1) is 8.10. The zero-order chi connectivity index (χ0) is 12.4. The fraction of sp³-hybridized carbons (Fsp3) is 0.615. The molecular formula is C13H19NO3. The number of carbonyl (C=O) groups is 1. The molecule has 1 saturated carbocycles. The number of esters is 1. The van der Waals surface area contributed by atoms with Gasteiger partial charge in [-0.25, -0.2) is 4.79 Å². The van der Waals surface area contributed by atoms with Crippen molar-refractivity contribution in [2.24, 2.45) is 5.92 Å². The second kappa shape index (κ2) is 4.92. The number of methoxy groups -OCH3 is 1. The SMILES string of the molecule is COC(=O)c1oc(CN(C)CC2CC2)cc1C. The minimum absolute atomic E-state index is 0.322. The zero-order valence-corrected chi connectivity index (χ0v) is 10.7. The van der Waals surface area contributed by atoms with Crippen molar-refractivity contribution in [3.8, 4) is 0 Å². The van der Waals surface area contributed by atoms with Crippen molar-refractivity contribution >= 4 is 5.97 Å². The molecule has 1 aliphatic carbocycles. The van der Waals surface area contributed by atoms with Gasteiger partial charge in [0.1, 0.15) is 5.76 Å². The Hall–Kier alpha value is -1.29. The standard InChI is InChI=1S/C13H19NO3/c1-9-6-11(17-12(9)13(15)16-3)8-14(2)7-10-4-5-10/h6,10H,4-5,7-8H2,1-3H3. The Balaban J connectivity index is 1.98. The Morgan fingerprint density at radius 2 is 2.29 bits per heavy atom. The monoisotopic (exact) mass is 237 g/mol. The Morgan fingerprint density at radius 3 is 2.88 bits per heavy atom. The summed E-state index contributed by atoms with van der Waals surface area (Å²) in [6.07, 6.45) is 2.68. The molecule has 17 heavy (non-hydrogen) atoms. The number of hydrogen-bond donors (Lipinski definition) is 0. The lowest BCUT2D eigenvalue weighted by molar-refractivity contribution is 0.0560. The van der Waals surface area contributed by atoms with Crippen molar-refractivity contribution < 1.29 is 13.9 Å². The first-order valence-electron chi connectivity index (χ1n) is 5.96. The van der Waals surface area contributed by atoms with Crippen LogP contribution in [0.5, 0.6) is 0 Å². The molecule has 0 unspecified atom stereocenters. The van der Waals surface area contributed by atoms with Gasteiger partial charge in [0.05, 0.1) is 13.7 Å². The van der Waals surface area contributed by atoms with E-state index in [1.165, 1.54) is 20.0 Å². The van der Waals surface area contributed by atoms with Gasteiger partial charge in [-0.2, -0.15) is 0 Å². The Bertz CT molecular complexity index is 407. The first kappa shape index (κ1) is 12.2. The van der Waals surface area contributed by atoms with Crippen molar-refractivity contribution in [1.82, 2.24) is 4.90 Å². The first-order valence-corrected chi connectivity index (χ1v) is 5.96. The van der Waals surface area contributed by atoms with Crippen molar-refractivity contribution in [1.29, 1.82) is 0 Å². The molecule has 0 saturated heterocycles. The average molecular weight is 237 g/mol. The largest absolute Gasteiger partial charge is 0.463 e. The van der Waals surface area contributed by atoms with Crippen LogP contribution < -0.4 is 0 Å². The topological polar surface area (TPSA) is 42.7 Å². The maximum absolute atomic E-state index is 11.4. The number of rotatable bonds is 5. The third kappa shape index (κ3) is 3.09. The van der Waals surface area contributed by atoms with Gasteiger partial charge in [0.2, 0.25) is 5.76 Å². The summed E-state index contributed by atoms with van der Waals surface area (Å²) in [5, 5.41) is 0. The Labute approximate surface area is 102 Å². The lowest BCUT2D eigenvalue weighted by atomic mass is 10.2. The van der Waals surface area contributed by atoms with Crippen molar-refractivity contribution in [3.63, 3.8) is 0 Å². The van der Waals surface area contributed by atoms with E-state index in [-0.39, 0.29) is 0 Å². The maximum Gasteiger partial charge on any atom is 0.374 e. The molecule has 2 rings (SSSR count). The van der Waals surface area contributed by atoms with Crippen LogP contribution in [0.4, 0.5) is 0 Å². The van der Waals surface area contributed by atoms with Gasteiger partial charge in [-0.1, -0.05) is 0 Å². The summed E-state index contributed by atoms with van der Waals surface area (Å²) in [6.45, 7) is 3.71. The van der Waals surface area contributed by atoms with E-state index in [0.717, 1.165) is 30.3 Å². The van der Waals surface area contributed by atoms with Crippen LogP contribution in [-0.2, 0) is 11.3 Å². The number of hydrogen-bond acceptors (Lipinski definition) is 4. The molecule has 4 heteroatoms. The molecule has 1 heterocycles. The van der Waals surface area contributed by atoms with Crippen LogP contribution >= 0.6 is 0 Å². The van der Waals surface area contributed by atoms with Crippen LogP contribution in [0.15, 0.2) is 10.5 Å². The molecule has 0 amide bonds. The van der Waals surface area contributed by atoms with Crippen molar-refractivity contribution in [3.05, 3.63) is 23.2 Å². The third-order valence-electron chi connectivity index (χ3n) is 3.03. The van der Waals surface area contributed by atoms with Crippen LogP contribution in [0.1, 0.15) is 34.7 Å². The summed E-state index contributed by atoms with van der Waals surface area (Å²) in [5.74, 6) is 1.60. The van der Waals surface area contributed by atoms with Gasteiger partial charge in [-0.15, -0.1) is 0 Å². The molecule has 0 bridgehead atoms. The molecular weight excluding hydrogens is 218 g/mol. The molecule has 94 valence electrons. The van der Waals surface area contributed by atoms with E-state index in [9.17, 15) is 4.79 Å². The minimum atomic E-state index is -0.404. The predicted octanol–water partition coefficient (Wildman–Crippen LogP) is 2.22. The van der Waals surface area contributed by atoms with E-state index >= 15 is 0 Å². The van der Waals surface area contributed by atoms with Gasteiger partial charge < -0.3 is 9.15 Å². The average Bonchev–Trinajstić information content (AvgIpc) is 3.00. The van der Waals surface area contributed by atoms with E-state index in [0.29, 0.717) is 5.76 Å². The van der Waals surface area contributed by atoms with Crippen LogP contribution in [0.3, 0.4) is 0 Å². The van der Waals surface area contributed by atoms with Crippen LogP contribution in [0.2, 0.25) is 0 Å². The summed E-state index contributed by atoms with van der Waals surface area (Å²) in [5.41, 5.74) is 0.840. The van der Waals surface area contributed by atoms with E-state index in [1.54, 1.807) is 0 Å². The molecule has 1 fully saturated rings. The summed E-state index contributed by atoms with van der Waals surface area (Å²) in [6, 6.07) is 1.91. The molecule has 0 radical (unpaired) electrons. The maximum atomic E-state index is 11.4. The third-order valence-corrected chi connectivity index (χ3v) is 3.03. The second-order valence-corrected chi connectivity index (χ2v) is 4.86. The number of carbonyl (C=O) groups excluding carboxylic acids is 1. The minimum Gasteiger partial charge on any atom is -0.463 e. The van der Waals surface area contributed by atoms with Crippen LogP contribution in [0.25, 0.3) is 0 Å². The zero-order valence-electron chi connectivity index (χ0n) is 10.7. The lowest BCUT2D eigenvalue weighted by Crippen LogP contribution is -2.20. The lowest BCUT2D eigenvalue weighted by Gasteiger charge is -2.13. The highest BCUT2D eigenvalue weighted by atomic mass is 16.5. The van der Waals surface area contributed by atoms with Gasteiger partial charge in [0.15, 0.2) is 0 Å². The normalized spacial score (nSPS) is 15.3. The number of aryl methyl sites for hydroxylation is 1. The smallest absolute Gasteiger partial charge is 0.374 e. The van der Waals surface area contributed by atoms with Crippen LogP contribution in [0, 0.1) is 12.8 Å². The molecule has 1 aromatic rings. The summed E-state index contributed by atoms with van der Waals surface area (Å²) in [7, 11) is 3.44. The predicted molar refractivity (Wildman–Crippen MR) is 63.8 cm³/mol. The van der Waals surface area contributed by atoms with Gasteiger partial charge in [-0.05, 0) is 38.8 Å². The number of ether oxygens (including phenoxy) is 1. The fourth-order valence-electron chi connectivity index (χ4n) is 1.99. The second-order valence-electron chi connectivity index (χ2n) is 4.86. The number of furan rings is 1. The van der Waals surface area contributed by atoms with Crippen molar-refractivity contribution in [2.75, 3.05) is 20.7 Å². The highest BCUT2D eigenvalue weighted by molar-refractivity contribution is 5.87. The van der Waals surface area contributed by atoms with E-state index in [1.807, 2.05) is 13.0 Å². The van der Waals surface area contributed by atoms with Gasteiger partial charge >= 0.3 is 5.97 Å². The highest BCUT2D eigenvalue weighted by Gasteiger charge is 2.23. The van der Waals surface area contributed by atoms with E-state index < -0.39 is 5.97 Å². The molecule has 1 aromatic heterocycles. The molecule has 0 N–H and O–H groups in total. The van der Waals surface area contributed by atoms with Crippen LogP contribution in [-0.4, -0.2) is 31.6 Å². The quantitative estimate of drug-likeness (QED) is 0.736. The molecule has 4 nitrogen and oxygen atoms in total. The summed E-state index contributed by atoms with van der Waals surface area (Å²) in [4.78, 5) is 13.6.